The van der Waals surface area contributed by atoms with Crippen LogP contribution in [0.3, 0.4) is 0 Å². The molecule has 2 aromatic rings. The molecule has 0 aromatic heterocycles. The van der Waals surface area contributed by atoms with E-state index >= 15 is 0 Å². The van der Waals surface area contributed by atoms with Crippen LogP contribution in [0.4, 0.5) is 0 Å². The van der Waals surface area contributed by atoms with Gasteiger partial charge in [0.2, 0.25) is 5.91 Å². The number of benzene rings is 2. The minimum absolute atomic E-state index is 0.00963. The van der Waals surface area contributed by atoms with E-state index in [4.69, 9.17) is 16.3 Å². The number of nitrogens with one attached hydrogen (secondary N) is 1. The summed E-state index contributed by atoms with van der Waals surface area (Å²) in [6.45, 7) is 6.72. The highest BCUT2D eigenvalue weighted by molar-refractivity contribution is 6.30. The van der Waals surface area contributed by atoms with Gasteiger partial charge in [-0.05, 0) is 120 Å². The third-order valence-electron chi connectivity index (χ3n) is 8.22. The van der Waals surface area contributed by atoms with Crippen molar-refractivity contribution in [2.45, 2.75) is 96.6 Å². The van der Waals surface area contributed by atoms with Crippen molar-refractivity contribution in [2.75, 3.05) is 13.1 Å². The third kappa shape index (κ3) is 14.5. The predicted molar refractivity (Wildman–Crippen MR) is 202 cm³/mol. The molecule has 0 bridgehead atoms. The van der Waals surface area contributed by atoms with Gasteiger partial charge in [-0.2, -0.15) is 0 Å². The van der Waals surface area contributed by atoms with Crippen molar-refractivity contribution in [3.05, 3.63) is 125 Å². The minimum Gasteiger partial charge on any atom is -0.478 e. The molecule has 1 aliphatic rings. The van der Waals surface area contributed by atoms with E-state index in [9.17, 15) is 14.4 Å². The maximum absolute atomic E-state index is 13.6. The molecule has 49 heavy (non-hydrogen) atoms. The molecule has 3 rings (SSSR count). The number of nitrogens with zero attached hydrogens (tertiary/aromatic N) is 1. The molecule has 2 aromatic carbocycles. The van der Waals surface area contributed by atoms with Gasteiger partial charge in [-0.1, -0.05) is 79.3 Å². The van der Waals surface area contributed by atoms with E-state index in [1.807, 2.05) is 4.90 Å². The Morgan fingerprint density at radius 3 is 1.92 bits per heavy atom. The summed E-state index contributed by atoms with van der Waals surface area (Å²) in [4.78, 5) is 40.7. The molecule has 1 atom stereocenters. The molecule has 2 amide bonds. The molecular formula is C42H53ClN2O4. The predicted octanol–water partition coefficient (Wildman–Crippen LogP) is 9.76. The number of ketones is 1. The first kappa shape index (κ1) is 39.3. The Morgan fingerprint density at radius 2 is 1.35 bits per heavy atom. The van der Waals surface area contributed by atoms with Crippen molar-refractivity contribution < 1.29 is 19.1 Å². The number of carbonyl (C=O) groups is 3. The quantitative estimate of drug-likeness (QED) is 0.0856. The smallest absolute Gasteiger partial charge is 0.266 e. The molecule has 0 saturated carbocycles. The zero-order valence-electron chi connectivity index (χ0n) is 29.4. The van der Waals surface area contributed by atoms with Gasteiger partial charge in [0.05, 0.1) is 0 Å². The van der Waals surface area contributed by atoms with Crippen LogP contribution in [0.2, 0.25) is 5.02 Å². The fourth-order valence-corrected chi connectivity index (χ4v) is 5.64. The van der Waals surface area contributed by atoms with Crippen molar-refractivity contribution in [1.82, 2.24) is 10.2 Å². The zero-order valence-corrected chi connectivity index (χ0v) is 30.2. The van der Waals surface area contributed by atoms with Crippen LogP contribution in [0.15, 0.2) is 109 Å². The Balaban J connectivity index is 1.32. The van der Waals surface area contributed by atoms with Gasteiger partial charge in [-0.15, -0.1) is 0 Å². The highest BCUT2D eigenvalue weighted by Gasteiger charge is 2.39. The Labute approximate surface area is 298 Å². The molecule has 0 spiro atoms. The Kier molecular flexibility index (Phi) is 17.4. The topological polar surface area (TPSA) is 75.7 Å². The summed E-state index contributed by atoms with van der Waals surface area (Å²) < 4.78 is 6.12. The standard InChI is InChI=1S/C42H53ClN2O4/c1-4-5-6-7-8-9-10-11-12-13-14-15-16-17-18-19-20-23-39(46)44-33-37-22-21-32-45(37)41(48)42(2,3)49-38-30-26-35(27-31-38)40(47)34-24-28-36(43)29-25-34/h5-6,8-9,11-12,14-15,17-18,24-31,37H,4,7,10,13,16,19-23,32-33H2,1-3H3,(H,44,46)/b6-5-,9-8-,12-11-,15-14-,18-17-/t37-/m0/s1. The van der Waals surface area contributed by atoms with Crippen LogP contribution in [0, 0.1) is 0 Å². The van der Waals surface area contributed by atoms with Gasteiger partial charge in [0.15, 0.2) is 11.4 Å². The van der Waals surface area contributed by atoms with Crippen LogP contribution in [-0.4, -0.2) is 47.2 Å². The van der Waals surface area contributed by atoms with Gasteiger partial charge in [0.1, 0.15) is 5.75 Å². The lowest BCUT2D eigenvalue weighted by molar-refractivity contribution is -0.146. The number of halogens is 1. The van der Waals surface area contributed by atoms with Gasteiger partial charge < -0.3 is 15.0 Å². The molecule has 1 aliphatic heterocycles. The van der Waals surface area contributed by atoms with Gasteiger partial charge >= 0.3 is 0 Å². The number of allylic oxidation sites excluding steroid dienone is 10. The number of carbonyl (C=O) groups excluding carboxylic acids is 3. The summed E-state index contributed by atoms with van der Waals surface area (Å²) in [6.07, 6.45) is 30.5. The summed E-state index contributed by atoms with van der Waals surface area (Å²) in [5.74, 6) is 0.275. The number of amides is 2. The van der Waals surface area contributed by atoms with Crippen LogP contribution >= 0.6 is 11.6 Å². The lowest BCUT2D eigenvalue weighted by Crippen LogP contribution is -2.52. The van der Waals surface area contributed by atoms with Crippen molar-refractivity contribution >= 4 is 29.2 Å². The maximum atomic E-state index is 13.6. The van der Waals surface area contributed by atoms with Crippen LogP contribution in [0.25, 0.3) is 0 Å². The van der Waals surface area contributed by atoms with Gasteiger partial charge in [0, 0.05) is 41.7 Å². The summed E-state index contributed by atoms with van der Waals surface area (Å²) in [5.41, 5.74) is -0.0479. The molecular weight excluding hydrogens is 632 g/mol. The average Bonchev–Trinajstić information content (AvgIpc) is 3.57. The second-order valence-corrected chi connectivity index (χ2v) is 13.1. The zero-order chi connectivity index (χ0) is 35.3. The lowest BCUT2D eigenvalue weighted by atomic mass is 10.0. The highest BCUT2D eigenvalue weighted by Crippen LogP contribution is 2.26. The summed E-state index contributed by atoms with van der Waals surface area (Å²) in [5, 5.41) is 3.61. The molecule has 262 valence electrons. The number of rotatable bonds is 20. The van der Waals surface area contributed by atoms with Crippen LogP contribution < -0.4 is 10.1 Å². The fraction of sp³-hybridized carbons (Fsp3) is 0.405. The highest BCUT2D eigenvalue weighted by atomic mass is 35.5. The number of hydrogen-bond donors (Lipinski definition) is 1. The molecule has 0 unspecified atom stereocenters. The second-order valence-electron chi connectivity index (χ2n) is 12.7. The SMILES string of the molecule is CC/C=C\C/C=C\C/C=C\C/C=C\C/C=C\CCCC(=O)NC[C@@H]1CCCN1C(=O)C(C)(C)Oc1ccc(C(=O)c2ccc(Cl)cc2)cc1. The first-order valence-electron chi connectivity index (χ1n) is 17.6. The molecule has 6 nitrogen and oxygen atoms in total. The molecule has 1 N–H and O–H groups in total. The van der Waals surface area contributed by atoms with Gasteiger partial charge in [0.25, 0.3) is 5.91 Å². The van der Waals surface area contributed by atoms with Crippen molar-refractivity contribution in [3.63, 3.8) is 0 Å². The van der Waals surface area contributed by atoms with E-state index in [-0.39, 0.29) is 23.6 Å². The number of likely N-dealkylation sites (tertiary alicyclic amines) is 1. The molecule has 1 fully saturated rings. The molecule has 7 heteroatoms. The average molecular weight is 685 g/mol. The van der Waals surface area contributed by atoms with E-state index in [0.717, 1.165) is 57.8 Å². The largest absolute Gasteiger partial charge is 0.478 e. The van der Waals surface area contributed by atoms with Gasteiger partial charge in [-0.3, -0.25) is 14.4 Å². The monoisotopic (exact) mass is 684 g/mol. The van der Waals surface area contributed by atoms with Gasteiger partial charge in [-0.25, -0.2) is 0 Å². The number of hydrogen-bond acceptors (Lipinski definition) is 4. The normalized spacial score (nSPS) is 15.4. The molecule has 1 heterocycles. The van der Waals surface area contributed by atoms with E-state index in [1.165, 1.54) is 0 Å². The lowest BCUT2D eigenvalue weighted by Gasteiger charge is -2.33. The molecule has 0 aliphatic carbocycles. The van der Waals surface area contributed by atoms with Crippen molar-refractivity contribution in [2.24, 2.45) is 0 Å². The Bertz CT molecular complexity index is 1470. The van der Waals surface area contributed by atoms with Crippen LogP contribution in [-0.2, 0) is 9.59 Å². The van der Waals surface area contributed by atoms with E-state index in [0.29, 0.717) is 41.4 Å². The first-order chi connectivity index (χ1) is 23.7. The second kappa shape index (κ2) is 21.7. The molecule has 0 radical (unpaired) electrons. The molecule has 1 saturated heterocycles. The minimum atomic E-state index is -1.12. The van der Waals surface area contributed by atoms with E-state index < -0.39 is 5.60 Å². The van der Waals surface area contributed by atoms with Crippen LogP contribution in [0.5, 0.6) is 5.75 Å². The van der Waals surface area contributed by atoms with Crippen LogP contribution in [0.1, 0.15) is 101 Å². The number of ether oxygens (including phenoxy) is 1. The Hall–Kier alpha value is -4.16. The fourth-order valence-electron chi connectivity index (χ4n) is 5.51. The summed E-state index contributed by atoms with van der Waals surface area (Å²) >= 11 is 5.94. The summed E-state index contributed by atoms with van der Waals surface area (Å²) in [7, 11) is 0. The van der Waals surface area contributed by atoms with Crippen molar-refractivity contribution in [1.29, 1.82) is 0 Å². The first-order valence-corrected chi connectivity index (χ1v) is 18.0. The van der Waals surface area contributed by atoms with E-state index in [2.05, 4.69) is 73.0 Å². The Morgan fingerprint density at radius 1 is 0.816 bits per heavy atom. The maximum Gasteiger partial charge on any atom is 0.266 e. The van der Waals surface area contributed by atoms with E-state index in [1.54, 1.807) is 62.4 Å². The third-order valence-corrected chi connectivity index (χ3v) is 8.47. The van der Waals surface area contributed by atoms with Crippen molar-refractivity contribution in [3.8, 4) is 5.75 Å². The number of unbranched alkanes of at least 4 members (excludes halogenated alkanes) is 1. The summed E-state index contributed by atoms with van der Waals surface area (Å²) in [6, 6.07) is 13.5.